The molecule has 5 heteroatoms. The van der Waals surface area contributed by atoms with Crippen LogP contribution in [0.25, 0.3) is 0 Å². The molecule has 1 aliphatic heterocycles. The highest BCUT2D eigenvalue weighted by Crippen LogP contribution is 2.21. The van der Waals surface area contributed by atoms with Crippen LogP contribution < -0.4 is 10.6 Å². The topological polar surface area (TPSA) is 65.6 Å². The zero-order valence-electron chi connectivity index (χ0n) is 11.1. The zero-order valence-corrected chi connectivity index (χ0v) is 11.1. The molecule has 1 fully saturated rings. The van der Waals surface area contributed by atoms with Crippen molar-refractivity contribution >= 4 is 11.5 Å². The lowest BCUT2D eigenvalue weighted by molar-refractivity contribution is 0.0345. The Kier molecular flexibility index (Phi) is 3.73. The quantitative estimate of drug-likeness (QED) is 0.820. The van der Waals surface area contributed by atoms with Crippen LogP contribution >= 0.6 is 0 Å². The van der Waals surface area contributed by atoms with E-state index in [4.69, 9.17) is 5.73 Å². The maximum Gasteiger partial charge on any atom is 0.146 e. The van der Waals surface area contributed by atoms with E-state index in [0.29, 0.717) is 12.4 Å². The van der Waals surface area contributed by atoms with Gasteiger partial charge >= 0.3 is 0 Å². The van der Waals surface area contributed by atoms with Crippen molar-refractivity contribution in [3.63, 3.8) is 0 Å². The Hall–Kier alpha value is -1.33. The number of anilines is 2. The molecule has 0 saturated carbocycles. The van der Waals surface area contributed by atoms with Crippen molar-refractivity contribution in [1.82, 2.24) is 9.88 Å². The number of hydrogen-bond acceptors (Lipinski definition) is 5. The Morgan fingerprint density at radius 2 is 2.00 bits per heavy atom. The molecule has 0 radical (unpaired) electrons. The van der Waals surface area contributed by atoms with Gasteiger partial charge in [-0.05, 0) is 26.0 Å². The number of rotatable bonds is 3. The van der Waals surface area contributed by atoms with E-state index in [9.17, 15) is 5.11 Å². The monoisotopic (exact) mass is 250 g/mol. The molecule has 0 aromatic carbocycles. The van der Waals surface area contributed by atoms with Crippen LogP contribution in [-0.2, 0) is 0 Å². The number of nitrogens with zero attached hydrogens (tertiary/aromatic N) is 3. The van der Waals surface area contributed by atoms with Gasteiger partial charge in [0, 0.05) is 38.9 Å². The van der Waals surface area contributed by atoms with Gasteiger partial charge in [0.2, 0.25) is 0 Å². The molecular weight excluding hydrogens is 228 g/mol. The van der Waals surface area contributed by atoms with E-state index in [1.165, 1.54) is 0 Å². The van der Waals surface area contributed by atoms with Crippen molar-refractivity contribution in [2.24, 2.45) is 0 Å². The summed E-state index contributed by atoms with van der Waals surface area (Å²) in [7, 11) is 0. The van der Waals surface area contributed by atoms with Gasteiger partial charge in [-0.1, -0.05) is 0 Å². The Bertz CT molecular complexity index is 394. The van der Waals surface area contributed by atoms with Gasteiger partial charge in [-0.3, -0.25) is 4.90 Å². The number of pyridine rings is 1. The van der Waals surface area contributed by atoms with E-state index in [0.717, 1.165) is 31.9 Å². The van der Waals surface area contributed by atoms with Gasteiger partial charge in [-0.25, -0.2) is 4.98 Å². The van der Waals surface area contributed by atoms with Crippen LogP contribution in [0.5, 0.6) is 0 Å². The summed E-state index contributed by atoms with van der Waals surface area (Å²) in [6.45, 7) is 8.13. The van der Waals surface area contributed by atoms with Crippen LogP contribution in [0.3, 0.4) is 0 Å². The minimum Gasteiger partial charge on any atom is -0.389 e. The van der Waals surface area contributed by atoms with E-state index in [-0.39, 0.29) is 0 Å². The third-order valence-corrected chi connectivity index (χ3v) is 3.14. The first-order valence-electron chi connectivity index (χ1n) is 6.36. The fraction of sp³-hybridized carbons (Fsp3) is 0.615. The van der Waals surface area contributed by atoms with E-state index >= 15 is 0 Å². The highest BCUT2D eigenvalue weighted by molar-refractivity contribution is 5.63. The number of aromatic nitrogens is 1. The van der Waals surface area contributed by atoms with E-state index in [1.807, 2.05) is 26.0 Å². The lowest BCUT2D eigenvalue weighted by Gasteiger charge is -2.38. The Morgan fingerprint density at radius 1 is 1.33 bits per heavy atom. The molecule has 0 bridgehead atoms. The molecule has 3 N–H and O–H groups in total. The molecular formula is C13H22N4O. The molecule has 5 nitrogen and oxygen atoms in total. The van der Waals surface area contributed by atoms with E-state index < -0.39 is 5.60 Å². The third kappa shape index (κ3) is 3.34. The SMILES string of the molecule is CC(C)(O)CN1CCN(c2cccnc2N)CC1. The van der Waals surface area contributed by atoms with E-state index in [2.05, 4.69) is 14.8 Å². The second kappa shape index (κ2) is 5.12. The summed E-state index contributed by atoms with van der Waals surface area (Å²) in [5.41, 5.74) is 6.27. The number of nitrogen functional groups attached to an aromatic ring is 1. The van der Waals surface area contributed by atoms with Crippen molar-refractivity contribution in [1.29, 1.82) is 0 Å². The van der Waals surface area contributed by atoms with Gasteiger partial charge in [-0.15, -0.1) is 0 Å². The average molecular weight is 250 g/mol. The third-order valence-electron chi connectivity index (χ3n) is 3.14. The van der Waals surface area contributed by atoms with Crippen molar-refractivity contribution in [2.45, 2.75) is 19.4 Å². The molecule has 1 aromatic rings. The molecule has 2 rings (SSSR count). The second-order valence-electron chi connectivity index (χ2n) is 5.48. The molecule has 100 valence electrons. The number of β-amino-alcohol motifs (C(OH)–C–C–N with tert-alkyl or cyclic N) is 1. The average Bonchev–Trinajstić information content (AvgIpc) is 2.29. The van der Waals surface area contributed by atoms with Crippen LogP contribution in [-0.4, -0.2) is 53.3 Å². The van der Waals surface area contributed by atoms with Crippen LogP contribution in [0, 0.1) is 0 Å². The first kappa shape index (κ1) is 13.1. The molecule has 2 heterocycles. The maximum atomic E-state index is 9.81. The molecule has 0 amide bonds. The molecule has 0 aliphatic carbocycles. The van der Waals surface area contributed by atoms with Gasteiger partial charge in [-0.2, -0.15) is 0 Å². The number of piperazine rings is 1. The lowest BCUT2D eigenvalue weighted by Crippen LogP contribution is -2.50. The van der Waals surface area contributed by atoms with Crippen LogP contribution in [0.2, 0.25) is 0 Å². The second-order valence-corrected chi connectivity index (χ2v) is 5.48. The molecule has 0 atom stereocenters. The number of nitrogens with two attached hydrogens (primary N) is 1. The molecule has 18 heavy (non-hydrogen) atoms. The summed E-state index contributed by atoms with van der Waals surface area (Å²) in [6.07, 6.45) is 1.71. The maximum absolute atomic E-state index is 9.81. The molecule has 0 unspecified atom stereocenters. The van der Waals surface area contributed by atoms with Crippen molar-refractivity contribution in [3.8, 4) is 0 Å². The lowest BCUT2D eigenvalue weighted by atomic mass is 10.1. The van der Waals surface area contributed by atoms with Gasteiger partial charge in [0.05, 0.1) is 11.3 Å². The fourth-order valence-electron chi connectivity index (χ4n) is 2.37. The summed E-state index contributed by atoms with van der Waals surface area (Å²) in [5, 5.41) is 9.81. The van der Waals surface area contributed by atoms with Gasteiger partial charge in [0.1, 0.15) is 5.82 Å². The molecule has 1 saturated heterocycles. The number of hydrogen-bond donors (Lipinski definition) is 2. The molecule has 1 aliphatic rings. The summed E-state index contributed by atoms with van der Waals surface area (Å²) in [4.78, 5) is 8.65. The summed E-state index contributed by atoms with van der Waals surface area (Å²) in [6, 6.07) is 3.92. The normalized spacial score (nSPS) is 18.1. The molecule has 0 spiro atoms. The Labute approximate surface area is 108 Å². The summed E-state index contributed by atoms with van der Waals surface area (Å²) in [5.74, 6) is 0.591. The highest BCUT2D eigenvalue weighted by atomic mass is 16.3. The predicted molar refractivity (Wildman–Crippen MR) is 73.6 cm³/mol. The van der Waals surface area contributed by atoms with Crippen LogP contribution in [0.1, 0.15) is 13.8 Å². The first-order valence-corrected chi connectivity index (χ1v) is 6.36. The van der Waals surface area contributed by atoms with Gasteiger partial charge in [0.15, 0.2) is 0 Å². The standard InChI is InChI=1S/C13H22N4O/c1-13(2,18)10-16-6-8-17(9-7-16)11-4-3-5-15-12(11)14/h3-5,18H,6-10H2,1-2H3,(H2,14,15). The fourth-order valence-corrected chi connectivity index (χ4v) is 2.37. The largest absolute Gasteiger partial charge is 0.389 e. The van der Waals surface area contributed by atoms with Crippen molar-refractivity contribution in [2.75, 3.05) is 43.4 Å². The van der Waals surface area contributed by atoms with Crippen molar-refractivity contribution < 1.29 is 5.11 Å². The van der Waals surface area contributed by atoms with Crippen LogP contribution in [0.15, 0.2) is 18.3 Å². The summed E-state index contributed by atoms with van der Waals surface area (Å²) < 4.78 is 0. The van der Waals surface area contributed by atoms with E-state index in [1.54, 1.807) is 6.20 Å². The minimum atomic E-state index is -0.629. The first-order chi connectivity index (χ1) is 8.46. The Balaban J connectivity index is 1.93. The summed E-state index contributed by atoms with van der Waals surface area (Å²) >= 11 is 0. The highest BCUT2D eigenvalue weighted by Gasteiger charge is 2.23. The molecule has 1 aromatic heterocycles. The number of aliphatic hydroxyl groups is 1. The van der Waals surface area contributed by atoms with Gasteiger partial charge < -0.3 is 15.7 Å². The smallest absolute Gasteiger partial charge is 0.146 e. The van der Waals surface area contributed by atoms with Gasteiger partial charge in [0.25, 0.3) is 0 Å². The minimum absolute atomic E-state index is 0.591. The van der Waals surface area contributed by atoms with Crippen LogP contribution in [0.4, 0.5) is 11.5 Å². The zero-order chi connectivity index (χ0) is 13.2. The predicted octanol–water partition coefficient (Wildman–Crippen LogP) is 0.557. The Morgan fingerprint density at radius 3 is 2.56 bits per heavy atom. The van der Waals surface area contributed by atoms with Crippen molar-refractivity contribution in [3.05, 3.63) is 18.3 Å².